The SMILES string of the molecule is NC[C@H](Cc1cccc(F)c1)NC(=O)c1cc2c(s1)CCCn1ncc(F)c1-2. The third-order valence-corrected chi connectivity index (χ3v) is 6.04. The van der Waals surface area contributed by atoms with Crippen molar-refractivity contribution in [2.75, 3.05) is 6.54 Å². The van der Waals surface area contributed by atoms with Crippen LogP contribution >= 0.6 is 11.3 Å². The molecule has 2 aromatic heterocycles. The van der Waals surface area contributed by atoms with E-state index in [9.17, 15) is 13.6 Å². The number of rotatable bonds is 5. The molecule has 0 spiro atoms. The first-order valence-electron chi connectivity index (χ1n) is 9.15. The lowest BCUT2D eigenvalue weighted by Crippen LogP contribution is -2.41. The topological polar surface area (TPSA) is 72.9 Å². The molecule has 1 atom stereocenters. The Morgan fingerprint density at radius 3 is 3.00 bits per heavy atom. The van der Waals surface area contributed by atoms with Gasteiger partial charge in [0.25, 0.3) is 5.91 Å². The first-order chi connectivity index (χ1) is 13.5. The number of nitrogens with zero attached hydrogens (tertiary/aromatic N) is 2. The summed E-state index contributed by atoms with van der Waals surface area (Å²) >= 11 is 1.37. The first kappa shape index (κ1) is 18.8. The molecule has 146 valence electrons. The molecule has 28 heavy (non-hydrogen) atoms. The van der Waals surface area contributed by atoms with Crippen LogP contribution < -0.4 is 11.1 Å². The van der Waals surface area contributed by atoms with E-state index in [0.29, 0.717) is 23.5 Å². The quantitative estimate of drug-likeness (QED) is 0.689. The Labute approximate surface area is 165 Å². The second-order valence-electron chi connectivity index (χ2n) is 6.86. The van der Waals surface area contributed by atoms with Crippen molar-refractivity contribution in [3.05, 3.63) is 63.5 Å². The molecule has 0 radical (unpaired) electrons. The molecule has 8 heteroatoms. The van der Waals surface area contributed by atoms with E-state index in [1.807, 2.05) is 0 Å². The predicted octanol–water partition coefficient (Wildman–Crippen LogP) is 3.14. The third-order valence-electron chi connectivity index (χ3n) is 4.85. The molecule has 4 rings (SSSR count). The maximum atomic E-state index is 14.2. The number of aryl methyl sites for hydroxylation is 2. The van der Waals surface area contributed by atoms with Crippen molar-refractivity contribution in [3.8, 4) is 11.3 Å². The maximum Gasteiger partial charge on any atom is 0.261 e. The van der Waals surface area contributed by atoms with Gasteiger partial charge in [-0.15, -0.1) is 11.3 Å². The molecule has 0 unspecified atom stereocenters. The van der Waals surface area contributed by atoms with Gasteiger partial charge in [-0.3, -0.25) is 9.48 Å². The molecule has 1 aliphatic rings. The molecule has 3 N–H and O–H groups in total. The van der Waals surface area contributed by atoms with Crippen molar-refractivity contribution < 1.29 is 13.6 Å². The zero-order valence-corrected chi connectivity index (χ0v) is 15.9. The van der Waals surface area contributed by atoms with Gasteiger partial charge in [-0.25, -0.2) is 8.78 Å². The number of nitrogens with two attached hydrogens (primary N) is 1. The van der Waals surface area contributed by atoms with Crippen LogP contribution in [0.25, 0.3) is 11.3 Å². The summed E-state index contributed by atoms with van der Waals surface area (Å²) in [6, 6.07) is 7.66. The Morgan fingerprint density at radius 1 is 1.36 bits per heavy atom. The van der Waals surface area contributed by atoms with Gasteiger partial charge >= 0.3 is 0 Å². The average Bonchev–Trinajstić information content (AvgIpc) is 3.20. The van der Waals surface area contributed by atoms with Gasteiger partial charge in [0.2, 0.25) is 0 Å². The molecular formula is C20H20F2N4OS. The summed E-state index contributed by atoms with van der Waals surface area (Å²) in [5, 5.41) is 7.00. The fraction of sp³-hybridized carbons (Fsp3) is 0.300. The van der Waals surface area contributed by atoms with Crippen LogP contribution in [-0.2, 0) is 19.4 Å². The standard InChI is InChI=1S/C20H20F2N4OS/c21-13-4-1-3-12(7-13)8-14(10-23)25-20(27)18-9-15-17(28-18)5-2-6-26-19(15)16(22)11-24-26/h1,3-4,7,9,11,14H,2,5-6,8,10,23H2,(H,25,27)/t14-/m0/s1. The van der Waals surface area contributed by atoms with Crippen LogP contribution in [-0.4, -0.2) is 28.3 Å². The van der Waals surface area contributed by atoms with E-state index >= 15 is 0 Å². The zero-order chi connectivity index (χ0) is 19.7. The van der Waals surface area contributed by atoms with Gasteiger partial charge in [-0.05, 0) is 43.0 Å². The normalized spacial score (nSPS) is 14.1. The van der Waals surface area contributed by atoms with Crippen molar-refractivity contribution in [1.29, 1.82) is 0 Å². The summed E-state index contributed by atoms with van der Waals surface area (Å²) in [7, 11) is 0. The molecule has 3 aromatic rings. The number of hydrogen-bond donors (Lipinski definition) is 2. The number of thiophene rings is 1. The molecular weight excluding hydrogens is 382 g/mol. The van der Waals surface area contributed by atoms with Gasteiger partial charge in [0.05, 0.1) is 11.1 Å². The minimum absolute atomic E-state index is 0.231. The van der Waals surface area contributed by atoms with Gasteiger partial charge in [-0.1, -0.05) is 12.1 Å². The highest BCUT2D eigenvalue weighted by molar-refractivity contribution is 7.14. The fourth-order valence-electron chi connectivity index (χ4n) is 3.51. The number of fused-ring (bicyclic) bond motifs is 3. The van der Waals surface area contributed by atoms with Gasteiger partial charge in [-0.2, -0.15) is 5.10 Å². The molecule has 1 aromatic carbocycles. The minimum atomic E-state index is -0.376. The highest BCUT2D eigenvalue weighted by atomic mass is 32.1. The highest BCUT2D eigenvalue weighted by Gasteiger charge is 2.24. The molecule has 3 heterocycles. The predicted molar refractivity (Wildman–Crippen MR) is 104 cm³/mol. The number of nitrogens with one attached hydrogen (secondary N) is 1. The van der Waals surface area contributed by atoms with Crippen LogP contribution in [0.5, 0.6) is 0 Å². The third kappa shape index (κ3) is 3.70. The van der Waals surface area contributed by atoms with Crippen LogP contribution in [0, 0.1) is 11.6 Å². The van der Waals surface area contributed by atoms with Crippen molar-refractivity contribution in [1.82, 2.24) is 15.1 Å². The van der Waals surface area contributed by atoms with E-state index in [0.717, 1.165) is 28.8 Å². The molecule has 1 amide bonds. The number of carbonyl (C=O) groups excluding carboxylic acids is 1. The lowest BCUT2D eigenvalue weighted by Gasteiger charge is -2.16. The molecule has 0 fully saturated rings. The molecule has 1 aliphatic heterocycles. The molecule has 0 saturated heterocycles. The number of hydrogen-bond acceptors (Lipinski definition) is 4. The van der Waals surface area contributed by atoms with Crippen LogP contribution in [0.3, 0.4) is 0 Å². The van der Waals surface area contributed by atoms with Crippen LogP contribution in [0.2, 0.25) is 0 Å². The number of halogens is 2. The zero-order valence-electron chi connectivity index (χ0n) is 15.1. The summed E-state index contributed by atoms with van der Waals surface area (Å²) < 4.78 is 29.3. The monoisotopic (exact) mass is 402 g/mol. The van der Waals surface area contributed by atoms with Crippen molar-refractivity contribution in [3.63, 3.8) is 0 Å². The summed E-state index contributed by atoms with van der Waals surface area (Å²) in [5.41, 5.74) is 7.75. The number of carbonyl (C=O) groups is 1. The number of aromatic nitrogens is 2. The molecule has 0 bridgehead atoms. The van der Waals surface area contributed by atoms with Crippen LogP contribution in [0.15, 0.2) is 36.5 Å². The van der Waals surface area contributed by atoms with Gasteiger partial charge in [0.1, 0.15) is 11.5 Å². The van der Waals surface area contributed by atoms with E-state index in [-0.39, 0.29) is 30.1 Å². The summed E-state index contributed by atoms with van der Waals surface area (Å²) in [5.74, 6) is -0.949. The maximum absolute atomic E-state index is 14.2. The molecule has 5 nitrogen and oxygen atoms in total. The lowest BCUT2D eigenvalue weighted by molar-refractivity contribution is 0.0942. The largest absolute Gasteiger partial charge is 0.347 e. The Bertz CT molecular complexity index is 1010. The summed E-state index contributed by atoms with van der Waals surface area (Å²) in [4.78, 5) is 14.3. The van der Waals surface area contributed by atoms with Crippen molar-refractivity contribution in [2.24, 2.45) is 5.73 Å². The van der Waals surface area contributed by atoms with Gasteiger partial charge in [0, 0.05) is 29.6 Å². The second kappa shape index (κ2) is 7.81. The number of benzene rings is 1. The van der Waals surface area contributed by atoms with E-state index in [1.54, 1.807) is 22.9 Å². The van der Waals surface area contributed by atoms with Crippen LogP contribution in [0.1, 0.15) is 26.5 Å². The van der Waals surface area contributed by atoms with E-state index in [2.05, 4.69) is 10.4 Å². The second-order valence-corrected chi connectivity index (χ2v) is 7.99. The lowest BCUT2D eigenvalue weighted by atomic mass is 10.1. The Kier molecular flexibility index (Phi) is 5.23. The first-order valence-corrected chi connectivity index (χ1v) is 9.96. The Morgan fingerprint density at radius 2 is 2.21 bits per heavy atom. The fourth-order valence-corrected chi connectivity index (χ4v) is 4.62. The summed E-state index contributed by atoms with van der Waals surface area (Å²) in [6.45, 7) is 0.889. The van der Waals surface area contributed by atoms with Crippen LogP contribution in [0.4, 0.5) is 8.78 Å². The smallest absolute Gasteiger partial charge is 0.261 e. The van der Waals surface area contributed by atoms with E-state index in [1.165, 1.54) is 29.7 Å². The molecule has 0 aliphatic carbocycles. The van der Waals surface area contributed by atoms with Crippen molar-refractivity contribution in [2.45, 2.75) is 31.8 Å². The van der Waals surface area contributed by atoms with Crippen molar-refractivity contribution >= 4 is 17.2 Å². The molecule has 0 saturated carbocycles. The average molecular weight is 402 g/mol. The van der Waals surface area contributed by atoms with Gasteiger partial charge in [0.15, 0.2) is 5.82 Å². The summed E-state index contributed by atoms with van der Waals surface area (Å²) in [6.07, 6.45) is 3.27. The Balaban J connectivity index is 1.54. The van der Waals surface area contributed by atoms with Gasteiger partial charge < -0.3 is 11.1 Å². The van der Waals surface area contributed by atoms with E-state index in [4.69, 9.17) is 5.73 Å². The highest BCUT2D eigenvalue weighted by Crippen LogP contribution is 2.36. The number of amides is 1. The minimum Gasteiger partial charge on any atom is -0.347 e. The Hall–Kier alpha value is -2.58. The van der Waals surface area contributed by atoms with E-state index < -0.39 is 0 Å².